The highest BCUT2D eigenvalue weighted by molar-refractivity contribution is 5.31. The van der Waals surface area contributed by atoms with Crippen LogP contribution in [-0.2, 0) is 0 Å². The van der Waals surface area contributed by atoms with Crippen LogP contribution in [-0.4, -0.2) is 21.5 Å². The molecule has 0 radical (unpaired) electrons. The summed E-state index contributed by atoms with van der Waals surface area (Å²) in [7, 11) is 0. The van der Waals surface area contributed by atoms with Gasteiger partial charge in [-0.1, -0.05) is 31.4 Å². The fourth-order valence-electron chi connectivity index (χ4n) is 3.37. The molecule has 0 aromatic carbocycles. The first kappa shape index (κ1) is 17.1. The Balaban J connectivity index is 1.71. The Hall–Kier alpha value is -1.72. The van der Waals surface area contributed by atoms with E-state index in [1.165, 1.54) is 44.4 Å². The van der Waals surface area contributed by atoms with E-state index in [9.17, 15) is 13.2 Å². The summed E-state index contributed by atoms with van der Waals surface area (Å²) < 4.78 is 40.9. The first-order valence-corrected chi connectivity index (χ1v) is 8.59. The van der Waals surface area contributed by atoms with Gasteiger partial charge < -0.3 is 5.32 Å². The third-order valence-electron chi connectivity index (χ3n) is 5.27. The van der Waals surface area contributed by atoms with Crippen LogP contribution in [0.25, 0.3) is 0 Å². The minimum Gasteiger partial charge on any atom is -0.374 e. The van der Waals surface area contributed by atoms with Crippen molar-refractivity contribution in [1.29, 1.82) is 0 Å². The third kappa shape index (κ3) is 3.23. The smallest absolute Gasteiger partial charge is 0.374 e. The molecule has 0 spiro atoms. The topological polar surface area (TPSA) is 29.9 Å². The van der Waals surface area contributed by atoms with E-state index in [-0.39, 0.29) is 6.04 Å². The third-order valence-corrected chi connectivity index (χ3v) is 5.27. The summed E-state index contributed by atoms with van der Waals surface area (Å²) in [5, 5.41) is 7.18. The van der Waals surface area contributed by atoms with E-state index in [0.717, 1.165) is 18.2 Å². The van der Waals surface area contributed by atoms with Gasteiger partial charge in [0.2, 0.25) is 0 Å². The SMILES string of the molecule is CC(C1=CNC(C)(C(F)(F)F)C=C1)n1ccc(C2CCCCC2)n1. The van der Waals surface area contributed by atoms with Gasteiger partial charge in [0.1, 0.15) is 5.54 Å². The summed E-state index contributed by atoms with van der Waals surface area (Å²) >= 11 is 0. The number of aromatic nitrogens is 2. The summed E-state index contributed by atoms with van der Waals surface area (Å²) in [6.45, 7) is 3.09. The Bertz CT molecular complexity index is 638. The minimum absolute atomic E-state index is 0.108. The molecule has 0 bridgehead atoms. The first-order valence-electron chi connectivity index (χ1n) is 8.59. The number of nitrogens with zero attached hydrogens (tertiary/aromatic N) is 2. The summed E-state index contributed by atoms with van der Waals surface area (Å²) in [6, 6.07) is 1.94. The Kier molecular flexibility index (Phi) is 4.49. The molecule has 132 valence electrons. The summed E-state index contributed by atoms with van der Waals surface area (Å²) in [4.78, 5) is 0. The van der Waals surface area contributed by atoms with E-state index in [4.69, 9.17) is 0 Å². The van der Waals surface area contributed by atoms with Crippen LogP contribution in [0.1, 0.15) is 63.6 Å². The molecule has 1 aromatic rings. The van der Waals surface area contributed by atoms with E-state index in [1.807, 2.05) is 23.9 Å². The predicted molar refractivity (Wildman–Crippen MR) is 87.6 cm³/mol. The number of nitrogens with one attached hydrogen (secondary N) is 1. The largest absolute Gasteiger partial charge is 0.414 e. The number of dihydropyridines is 1. The molecule has 2 unspecified atom stereocenters. The monoisotopic (exact) mass is 339 g/mol. The highest BCUT2D eigenvalue weighted by Gasteiger charge is 2.49. The van der Waals surface area contributed by atoms with Crippen molar-refractivity contribution in [2.45, 2.75) is 69.6 Å². The van der Waals surface area contributed by atoms with Crippen LogP contribution < -0.4 is 5.32 Å². The van der Waals surface area contributed by atoms with Crippen LogP contribution in [0.2, 0.25) is 0 Å². The number of alkyl halides is 3. The molecule has 3 nitrogen and oxygen atoms in total. The van der Waals surface area contributed by atoms with E-state index < -0.39 is 11.7 Å². The molecule has 2 atom stereocenters. The molecule has 6 heteroatoms. The molecule has 1 aliphatic heterocycles. The Morgan fingerprint density at radius 1 is 1.29 bits per heavy atom. The van der Waals surface area contributed by atoms with Gasteiger partial charge in [-0.25, -0.2) is 0 Å². The lowest BCUT2D eigenvalue weighted by atomic mass is 9.87. The van der Waals surface area contributed by atoms with Crippen molar-refractivity contribution in [3.05, 3.63) is 41.9 Å². The van der Waals surface area contributed by atoms with Crippen molar-refractivity contribution in [2.75, 3.05) is 0 Å². The van der Waals surface area contributed by atoms with Gasteiger partial charge in [0, 0.05) is 18.3 Å². The van der Waals surface area contributed by atoms with Crippen molar-refractivity contribution in [2.24, 2.45) is 0 Å². The second-order valence-corrected chi connectivity index (χ2v) is 7.05. The molecule has 1 N–H and O–H groups in total. The van der Waals surface area contributed by atoms with Gasteiger partial charge in [-0.05, 0) is 38.3 Å². The molecule has 1 aliphatic carbocycles. The molecule has 2 aliphatic rings. The molecule has 24 heavy (non-hydrogen) atoms. The summed E-state index contributed by atoms with van der Waals surface area (Å²) in [5.74, 6) is 0.523. The Morgan fingerprint density at radius 2 is 2.00 bits per heavy atom. The maximum atomic E-state index is 13.0. The van der Waals surface area contributed by atoms with Crippen LogP contribution in [0, 0.1) is 0 Å². The first-order chi connectivity index (χ1) is 11.3. The number of halogens is 3. The average molecular weight is 339 g/mol. The van der Waals surface area contributed by atoms with E-state index in [0.29, 0.717) is 5.92 Å². The minimum atomic E-state index is -4.32. The van der Waals surface area contributed by atoms with Crippen molar-refractivity contribution >= 4 is 0 Å². The highest BCUT2D eigenvalue weighted by Crippen LogP contribution is 2.35. The van der Waals surface area contributed by atoms with Crippen LogP contribution >= 0.6 is 0 Å². The molecular weight excluding hydrogens is 315 g/mol. The average Bonchev–Trinajstić information content (AvgIpc) is 3.05. The lowest BCUT2D eigenvalue weighted by Gasteiger charge is -2.33. The van der Waals surface area contributed by atoms with Crippen LogP contribution in [0.3, 0.4) is 0 Å². The lowest BCUT2D eigenvalue weighted by Crippen LogP contribution is -2.52. The zero-order valence-electron chi connectivity index (χ0n) is 14.1. The Morgan fingerprint density at radius 3 is 2.58 bits per heavy atom. The van der Waals surface area contributed by atoms with E-state index >= 15 is 0 Å². The van der Waals surface area contributed by atoms with Gasteiger partial charge in [-0.15, -0.1) is 0 Å². The standard InChI is InChI=1S/C18H24F3N3/c1-13(15-8-10-17(2,22-12-15)18(19,20)21)24-11-9-16(23-24)14-6-4-3-5-7-14/h8-14,22H,3-7H2,1-2H3. The van der Waals surface area contributed by atoms with Gasteiger partial charge in [0.15, 0.2) is 0 Å². The van der Waals surface area contributed by atoms with Crippen LogP contribution in [0.5, 0.6) is 0 Å². The van der Waals surface area contributed by atoms with Gasteiger partial charge in [-0.3, -0.25) is 4.68 Å². The van der Waals surface area contributed by atoms with Gasteiger partial charge in [-0.2, -0.15) is 18.3 Å². The number of hydrogen-bond donors (Lipinski definition) is 1. The van der Waals surface area contributed by atoms with Crippen LogP contribution in [0.15, 0.2) is 36.2 Å². The molecule has 0 saturated heterocycles. The molecule has 2 heterocycles. The van der Waals surface area contributed by atoms with Crippen molar-refractivity contribution in [3.8, 4) is 0 Å². The van der Waals surface area contributed by atoms with E-state index in [2.05, 4.69) is 10.4 Å². The zero-order chi connectivity index (χ0) is 17.4. The van der Waals surface area contributed by atoms with Gasteiger partial charge in [0.25, 0.3) is 0 Å². The quantitative estimate of drug-likeness (QED) is 0.852. The lowest BCUT2D eigenvalue weighted by molar-refractivity contribution is -0.173. The molecule has 3 rings (SSSR count). The Labute approximate surface area is 140 Å². The second-order valence-electron chi connectivity index (χ2n) is 7.05. The fourth-order valence-corrected chi connectivity index (χ4v) is 3.37. The maximum Gasteiger partial charge on any atom is 0.414 e. The highest BCUT2D eigenvalue weighted by atomic mass is 19.4. The zero-order valence-corrected chi connectivity index (χ0v) is 14.1. The van der Waals surface area contributed by atoms with Crippen molar-refractivity contribution in [1.82, 2.24) is 15.1 Å². The van der Waals surface area contributed by atoms with Gasteiger partial charge in [0.05, 0.1) is 11.7 Å². The summed E-state index contributed by atoms with van der Waals surface area (Å²) in [6.07, 6.45) is 7.96. The number of allylic oxidation sites excluding steroid dienone is 2. The van der Waals surface area contributed by atoms with Crippen molar-refractivity contribution < 1.29 is 13.2 Å². The number of hydrogen-bond acceptors (Lipinski definition) is 2. The second kappa shape index (κ2) is 6.30. The van der Waals surface area contributed by atoms with Crippen LogP contribution in [0.4, 0.5) is 13.2 Å². The predicted octanol–water partition coefficient (Wildman–Crippen LogP) is 4.86. The molecule has 1 fully saturated rings. The molecule has 1 saturated carbocycles. The fraction of sp³-hybridized carbons (Fsp3) is 0.611. The summed E-state index contributed by atoms with van der Waals surface area (Å²) in [5.41, 5.74) is -0.113. The number of rotatable bonds is 3. The molecule has 1 aromatic heterocycles. The van der Waals surface area contributed by atoms with E-state index in [1.54, 1.807) is 6.08 Å². The molecule has 0 amide bonds. The maximum absolute atomic E-state index is 13.0. The van der Waals surface area contributed by atoms with Crippen molar-refractivity contribution in [3.63, 3.8) is 0 Å². The van der Waals surface area contributed by atoms with Gasteiger partial charge >= 0.3 is 6.18 Å². The molecular formula is C18H24F3N3. The normalized spacial score (nSPS) is 26.8.